The molecule has 0 spiro atoms. The van der Waals surface area contributed by atoms with Crippen molar-refractivity contribution in [1.82, 2.24) is 0 Å². The second-order valence-electron chi connectivity index (χ2n) is 2.76. The maximum Gasteiger partial charge on any atom is 0.228 e. The molecule has 0 aliphatic carbocycles. The van der Waals surface area contributed by atoms with Gasteiger partial charge in [0.25, 0.3) is 0 Å². The fraction of sp³-hybridized carbons (Fsp3) is 0.300. The van der Waals surface area contributed by atoms with Gasteiger partial charge in [-0.15, -0.1) is 0 Å². The van der Waals surface area contributed by atoms with Crippen LogP contribution in [0, 0.1) is 0 Å². The van der Waals surface area contributed by atoms with Gasteiger partial charge in [-0.25, -0.2) is 4.39 Å². The van der Waals surface area contributed by atoms with Crippen LogP contribution in [0.25, 0.3) is 0 Å². The third-order valence-corrected chi connectivity index (χ3v) is 2.48. The lowest BCUT2D eigenvalue weighted by atomic mass is 10.1. The third-order valence-electron chi connectivity index (χ3n) is 1.79. The molecule has 0 saturated carbocycles. The first kappa shape index (κ1) is 12.5. The Balaban J connectivity index is 2.86. The van der Waals surface area contributed by atoms with Crippen LogP contribution in [-0.4, -0.2) is 18.0 Å². The van der Waals surface area contributed by atoms with Gasteiger partial charge in [0.15, 0.2) is 5.78 Å². The van der Waals surface area contributed by atoms with E-state index < -0.39 is 6.86 Å². The lowest BCUT2D eigenvalue weighted by Crippen LogP contribution is -2.00. The van der Waals surface area contributed by atoms with E-state index in [0.29, 0.717) is 17.3 Å². The quantitative estimate of drug-likeness (QED) is 0.613. The second-order valence-corrected chi connectivity index (χ2v) is 3.96. The Labute approximate surface area is 101 Å². The highest BCUT2D eigenvalue weighted by atomic mass is 79.9. The average Bonchev–Trinajstić information content (AvgIpc) is 2.21. The van der Waals surface area contributed by atoms with E-state index in [1.165, 1.54) is 12.1 Å². The summed E-state index contributed by atoms with van der Waals surface area (Å²) in [5, 5.41) is 0.847. The molecule has 0 saturated heterocycles. The predicted octanol–water partition coefficient (Wildman–Crippen LogP) is 3.61. The highest BCUT2D eigenvalue weighted by Crippen LogP contribution is 2.26. The van der Waals surface area contributed by atoms with Gasteiger partial charge >= 0.3 is 0 Å². The molecule has 1 aromatic rings. The van der Waals surface area contributed by atoms with Crippen molar-refractivity contribution in [3.63, 3.8) is 0 Å². The van der Waals surface area contributed by atoms with Crippen molar-refractivity contribution in [2.24, 2.45) is 0 Å². The molecular formula is C10H9BrClFO2. The van der Waals surface area contributed by atoms with Gasteiger partial charge in [0.2, 0.25) is 6.86 Å². The number of alkyl halides is 2. The summed E-state index contributed by atoms with van der Waals surface area (Å²) < 4.78 is 16.5. The molecule has 0 amide bonds. The fourth-order valence-electron chi connectivity index (χ4n) is 1.08. The van der Waals surface area contributed by atoms with Crippen molar-refractivity contribution in [2.75, 3.05) is 12.2 Å². The molecule has 1 aromatic carbocycles. The van der Waals surface area contributed by atoms with Gasteiger partial charge in [-0.1, -0.05) is 27.5 Å². The van der Waals surface area contributed by atoms with Gasteiger partial charge in [0, 0.05) is 17.3 Å². The first-order valence-corrected chi connectivity index (χ1v) is 5.76. The zero-order valence-corrected chi connectivity index (χ0v) is 10.1. The summed E-state index contributed by atoms with van der Waals surface area (Å²) in [6, 6.07) is 4.54. The van der Waals surface area contributed by atoms with Crippen molar-refractivity contribution in [3.8, 4) is 5.75 Å². The number of hydrogen-bond acceptors (Lipinski definition) is 2. The van der Waals surface area contributed by atoms with Crippen LogP contribution in [0.1, 0.15) is 16.8 Å². The van der Waals surface area contributed by atoms with Crippen LogP contribution in [0.5, 0.6) is 5.75 Å². The lowest BCUT2D eigenvalue weighted by molar-refractivity contribution is 0.0990. The maximum atomic E-state index is 11.9. The maximum absolute atomic E-state index is 11.9. The molecule has 2 nitrogen and oxygen atoms in total. The number of halogens is 3. The van der Waals surface area contributed by atoms with Crippen LogP contribution in [-0.2, 0) is 0 Å². The van der Waals surface area contributed by atoms with E-state index in [1.807, 2.05) is 0 Å². The van der Waals surface area contributed by atoms with Gasteiger partial charge in [-0.2, -0.15) is 0 Å². The molecule has 0 unspecified atom stereocenters. The Hall–Kier alpha value is -0.610. The van der Waals surface area contributed by atoms with Gasteiger partial charge in [0.1, 0.15) is 5.75 Å². The summed E-state index contributed by atoms with van der Waals surface area (Å²) in [5.74, 6) is 0.232. The Kier molecular flexibility index (Phi) is 5.05. The lowest BCUT2D eigenvalue weighted by Gasteiger charge is -2.05. The molecule has 0 N–H and O–H groups in total. The molecule has 0 fully saturated rings. The first-order valence-electron chi connectivity index (χ1n) is 4.26. The van der Waals surface area contributed by atoms with Crippen LogP contribution in [0.4, 0.5) is 4.39 Å². The summed E-state index contributed by atoms with van der Waals surface area (Å²) in [5.41, 5.74) is 0.505. The summed E-state index contributed by atoms with van der Waals surface area (Å²) in [4.78, 5) is 11.5. The van der Waals surface area contributed by atoms with Crippen LogP contribution >= 0.6 is 27.5 Å². The minimum atomic E-state index is -0.936. The highest BCUT2D eigenvalue weighted by molar-refractivity contribution is 9.09. The Morgan fingerprint density at radius 2 is 2.27 bits per heavy atom. The zero-order valence-electron chi connectivity index (χ0n) is 7.80. The van der Waals surface area contributed by atoms with Crippen molar-refractivity contribution in [2.45, 2.75) is 6.42 Å². The van der Waals surface area contributed by atoms with E-state index in [-0.39, 0.29) is 16.6 Å². The molecule has 82 valence electrons. The number of carbonyl (C=O) groups is 1. The Bertz CT molecular complexity index is 357. The fourth-order valence-corrected chi connectivity index (χ4v) is 1.68. The van der Waals surface area contributed by atoms with Gasteiger partial charge < -0.3 is 4.74 Å². The number of hydrogen-bond donors (Lipinski definition) is 0. The predicted molar refractivity (Wildman–Crippen MR) is 60.8 cm³/mol. The summed E-state index contributed by atoms with van der Waals surface area (Å²) in [6.07, 6.45) is 0.402. The highest BCUT2D eigenvalue weighted by Gasteiger charge is 2.08. The molecule has 0 aromatic heterocycles. The van der Waals surface area contributed by atoms with E-state index in [2.05, 4.69) is 20.7 Å². The van der Waals surface area contributed by atoms with Crippen molar-refractivity contribution < 1.29 is 13.9 Å². The summed E-state index contributed by atoms with van der Waals surface area (Å²) in [7, 11) is 0. The number of rotatable bonds is 5. The summed E-state index contributed by atoms with van der Waals surface area (Å²) >= 11 is 8.97. The van der Waals surface area contributed by atoms with Crippen molar-refractivity contribution in [3.05, 3.63) is 28.8 Å². The number of ketones is 1. The molecule has 0 heterocycles. The Morgan fingerprint density at radius 3 is 2.80 bits per heavy atom. The zero-order chi connectivity index (χ0) is 11.3. The standard InChI is InChI=1S/C10H9BrClFO2/c11-4-3-9(14)7-1-2-10(15-6-13)8(12)5-7/h1-2,5H,3-4,6H2. The van der Waals surface area contributed by atoms with E-state index in [9.17, 15) is 9.18 Å². The normalized spacial score (nSPS) is 10.1. The van der Waals surface area contributed by atoms with Crippen molar-refractivity contribution >= 4 is 33.3 Å². The topological polar surface area (TPSA) is 26.3 Å². The molecule has 0 radical (unpaired) electrons. The molecule has 5 heteroatoms. The number of benzene rings is 1. The van der Waals surface area contributed by atoms with E-state index in [1.54, 1.807) is 6.07 Å². The van der Waals surface area contributed by atoms with E-state index in [0.717, 1.165) is 0 Å². The largest absolute Gasteiger partial charge is 0.461 e. The smallest absolute Gasteiger partial charge is 0.228 e. The number of carbonyl (C=O) groups excluding carboxylic acids is 1. The Morgan fingerprint density at radius 1 is 1.53 bits per heavy atom. The molecule has 15 heavy (non-hydrogen) atoms. The summed E-state index contributed by atoms with van der Waals surface area (Å²) in [6.45, 7) is -0.936. The van der Waals surface area contributed by atoms with Crippen molar-refractivity contribution in [1.29, 1.82) is 0 Å². The molecule has 1 rings (SSSR count). The molecule has 0 atom stereocenters. The second kappa shape index (κ2) is 6.08. The average molecular weight is 296 g/mol. The number of Topliss-reactive ketones (excluding diaryl/α,β-unsaturated/α-hetero) is 1. The minimum Gasteiger partial charge on any atom is -0.461 e. The van der Waals surface area contributed by atoms with E-state index >= 15 is 0 Å². The molecule has 0 aliphatic rings. The molecular weight excluding hydrogens is 286 g/mol. The van der Waals surface area contributed by atoms with Gasteiger partial charge in [0.05, 0.1) is 5.02 Å². The van der Waals surface area contributed by atoms with Crippen LogP contribution < -0.4 is 4.74 Å². The van der Waals surface area contributed by atoms with Gasteiger partial charge in [-0.05, 0) is 18.2 Å². The van der Waals surface area contributed by atoms with Crippen LogP contribution in [0.15, 0.2) is 18.2 Å². The monoisotopic (exact) mass is 294 g/mol. The van der Waals surface area contributed by atoms with Crippen LogP contribution in [0.2, 0.25) is 5.02 Å². The molecule has 0 aliphatic heterocycles. The van der Waals surface area contributed by atoms with Gasteiger partial charge in [-0.3, -0.25) is 4.79 Å². The SMILES string of the molecule is O=C(CCBr)c1ccc(OCF)c(Cl)c1. The van der Waals surface area contributed by atoms with Crippen LogP contribution in [0.3, 0.4) is 0 Å². The van der Waals surface area contributed by atoms with E-state index in [4.69, 9.17) is 11.6 Å². The first-order chi connectivity index (χ1) is 7.19. The number of ether oxygens (including phenoxy) is 1. The molecule has 0 bridgehead atoms. The third kappa shape index (κ3) is 3.47. The minimum absolute atomic E-state index is 0.0134.